The van der Waals surface area contributed by atoms with Crippen LogP contribution >= 0.6 is 12.2 Å². The number of anilines is 2. The monoisotopic (exact) mass is 487 g/mol. The van der Waals surface area contributed by atoms with Gasteiger partial charge in [-0.15, -0.1) is 0 Å². The summed E-state index contributed by atoms with van der Waals surface area (Å²) in [6.07, 6.45) is 2.74. The molecule has 8 nitrogen and oxygen atoms in total. The van der Waals surface area contributed by atoms with E-state index in [2.05, 4.69) is 30.9 Å². The van der Waals surface area contributed by atoms with Crippen LogP contribution in [0.5, 0.6) is 5.75 Å². The summed E-state index contributed by atoms with van der Waals surface area (Å²) in [5, 5.41) is 11.1. The Bertz CT molecular complexity index is 1360. The largest absolute Gasteiger partial charge is 0.497 e. The van der Waals surface area contributed by atoms with E-state index in [9.17, 15) is 0 Å². The molecule has 4 aromatic rings. The fourth-order valence-electron chi connectivity index (χ4n) is 3.75. The van der Waals surface area contributed by atoms with Crippen molar-refractivity contribution in [1.29, 1.82) is 0 Å². The highest BCUT2D eigenvalue weighted by Gasteiger charge is 2.09. The lowest BCUT2D eigenvalue weighted by Gasteiger charge is -2.15. The van der Waals surface area contributed by atoms with Crippen molar-refractivity contribution in [2.24, 2.45) is 4.99 Å². The maximum Gasteiger partial charge on any atom is 0.229 e. The number of hydrogen-bond donors (Lipinski definition) is 4. The number of rotatable bonds is 6. The molecule has 0 bridgehead atoms. The Morgan fingerprint density at radius 1 is 1.03 bits per heavy atom. The molecule has 2 heterocycles. The topological polar surface area (TPSA) is 99.2 Å². The molecule has 4 N–H and O–H groups in total. The molecule has 0 fully saturated rings. The first-order valence-electron chi connectivity index (χ1n) is 11.3. The molecule has 180 valence electrons. The number of hydrogen-bond acceptors (Lipinski definition) is 5. The summed E-state index contributed by atoms with van der Waals surface area (Å²) in [7, 11) is 1.67. The Hall–Kier alpha value is -3.98. The summed E-state index contributed by atoms with van der Waals surface area (Å²) in [4.78, 5) is 17.0. The molecule has 0 spiro atoms. The highest BCUT2D eigenvalue weighted by molar-refractivity contribution is 7.80. The first-order chi connectivity index (χ1) is 16.9. The summed E-state index contributed by atoms with van der Waals surface area (Å²) in [6, 6.07) is 15.9. The van der Waals surface area contributed by atoms with E-state index in [-0.39, 0.29) is 0 Å². The fraction of sp³-hybridized carbons (Fsp3) is 0.231. The molecule has 0 saturated heterocycles. The number of aliphatic imine (C=N–C) groups is 1. The van der Waals surface area contributed by atoms with Gasteiger partial charge in [0.15, 0.2) is 5.11 Å². The lowest BCUT2D eigenvalue weighted by molar-refractivity contribution is 0.415. The smallest absolute Gasteiger partial charge is 0.229 e. The first kappa shape index (κ1) is 24.2. The van der Waals surface area contributed by atoms with Crippen LogP contribution in [0.15, 0.2) is 59.7 Å². The van der Waals surface area contributed by atoms with Crippen molar-refractivity contribution in [1.82, 2.24) is 20.3 Å². The van der Waals surface area contributed by atoms with E-state index in [1.807, 2.05) is 75.5 Å². The third kappa shape index (κ3) is 6.33. The van der Waals surface area contributed by atoms with Crippen LogP contribution in [0, 0.1) is 20.8 Å². The van der Waals surface area contributed by atoms with Crippen LogP contribution in [0.3, 0.4) is 0 Å². The summed E-state index contributed by atoms with van der Waals surface area (Å²) in [5.41, 5.74) is 5.98. The maximum absolute atomic E-state index is 5.56. The third-order valence-corrected chi connectivity index (χ3v) is 5.67. The van der Waals surface area contributed by atoms with E-state index in [0.29, 0.717) is 23.6 Å². The summed E-state index contributed by atoms with van der Waals surface area (Å²) >= 11 is 5.56. The van der Waals surface area contributed by atoms with Gasteiger partial charge in [0.2, 0.25) is 11.9 Å². The molecule has 0 aliphatic rings. The lowest BCUT2D eigenvalue weighted by Crippen LogP contribution is -2.39. The molecule has 0 aliphatic heterocycles. The molecule has 0 atom stereocenters. The minimum atomic E-state index is 0.423. The molecule has 9 heteroatoms. The Balaban J connectivity index is 1.52. The van der Waals surface area contributed by atoms with Gasteiger partial charge in [0.1, 0.15) is 5.75 Å². The zero-order valence-corrected chi connectivity index (χ0v) is 21.1. The van der Waals surface area contributed by atoms with Crippen LogP contribution in [-0.4, -0.2) is 39.7 Å². The van der Waals surface area contributed by atoms with Gasteiger partial charge in [-0.05, 0) is 80.9 Å². The van der Waals surface area contributed by atoms with Crippen LogP contribution in [0.4, 0.5) is 11.6 Å². The van der Waals surface area contributed by atoms with E-state index >= 15 is 0 Å². The summed E-state index contributed by atoms with van der Waals surface area (Å²) < 4.78 is 5.38. The number of aryl methyl sites for hydroxylation is 3. The van der Waals surface area contributed by atoms with Gasteiger partial charge < -0.3 is 20.4 Å². The Morgan fingerprint density at radius 2 is 1.80 bits per heavy atom. The second-order valence-corrected chi connectivity index (χ2v) is 8.61. The van der Waals surface area contributed by atoms with Gasteiger partial charge >= 0.3 is 0 Å². The number of para-hydroxylation sites is 1. The molecule has 4 rings (SSSR count). The number of aromatic nitrogens is 3. The lowest BCUT2D eigenvalue weighted by atomic mass is 10.1. The SMILES string of the molecule is COc1ccc2[nH]cc(CCN=C(NC(=S)Nc3ccccc3C)Nc3nc(C)cc(C)n3)c2c1. The standard InChI is InChI=1S/C26H29N7OS/c1-16-7-5-6-8-22(16)31-26(35)33-24(32-25-29-17(2)13-18(3)30-25)27-12-11-19-15-28-23-10-9-20(34-4)14-21(19)23/h5-10,13-15,28H,11-12H2,1-4H3,(H3,27,29,30,31,32,33,35). The highest BCUT2D eigenvalue weighted by atomic mass is 32.1. The van der Waals surface area contributed by atoms with Crippen molar-refractivity contribution in [3.63, 3.8) is 0 Å². The summed E-state index contributed by atoms with van der Waals surface area (Å²) in [6.45, 7) is 6.41. The molecule has 35 heavy (non-hydrogen) atoms. The number of thiocarbonyl (C=S) groups is 1. The van der Waals surface area contributed by atoms with E-state index in [1.165, 1.54) is 0 Å². The van der Waals surface area contributed by atoms with Crippen molar-refractivity contribution in [2.75, 3.05) is 24.3 Å². The molecule has 0 aliphatic carbocycles. The zero-order valence-electron chi connectivity index (χ0n) is 20.3. The quantitative estimate of drug-likeness (QED) is 0.175. The van der Waals surface area contributed by atoms with Crippen LogP contribution in [0.1, 0.15) is 22.5 Å². The average molecular weight is 488 g/mol. The second-order valence-electron chi connectivity index (χ2n) is 8.20. The Kier molecular flexibility index (Phi) is 7.57. The second kappa shape index (κ2) is 11.0. The fourth-order valence-corrected chi connectivity index (χ4v) is 3.96. The van der Waals surface area contributed by atoms with E-state index in [1.54, 1.807) is 7.11 Å². The van der Waals surface area contributed by atoms with E-state index in [0.717, 1.165) is 51.3 Å². The zero-order chi connectivity index (χ0) is 24.8. The number of benzene rings is 2. The van der Waals surface area contributed by atoms with Gasteiger partial charge in [0, 0.05) is 40.7 Å². The molecule has 2 aromatic carbocycles. The highest BCUT2D eigenvalue weighted by Crippen LogP contribution is 2.24. The van der Waals surface area contributed by atoms with Crippen LogP contribution < -0.4 is 20.7 Å². The number of aromatic amines is 1. The minimum absolute atomic E-state index is 0.423. The van der Waals surface area contributed by atoms with Gasteiger partial charge in [-0.3, -0.25) is 10.3 Å². The first-order valence-corrected chi connectivity index (χ1v) is 11.7. The average Bonchev–Trinajstić information content (AvgIpc) is 3.22. The van der Waals surface area contributed by atoms with E-state index < -0.39 is 0 Å². The van der Waals surface area contributed by atoms with Crippen molar-refractivity contribution in [3.8, 4) is 5.75 Å². The molecule has 2 aromatic heterocycles. The Morgan fingerprint density at radius 3 is 2.54 bits per heavy atom. The number of H-pyrrole nitrogens is 1. The predicted molar refractivity (Wildman–Crippen MR) is 147 cm³/mol. The predicted octanol–water partition coefficient (Wildman–Crippen LogP) is 4.89. The molecular formula is C26H29N7OS. The van der Waals surface area contributed by atoms with E-state index in [4.69, 9.17) is 21.9 Å². The van der Waals surface area contributed by atoms with Crippen molar-refractivity contribution in [2.45, 2.75) is 27.2 Å². The molecular weight excluding hydrogens is 458 g/mol. The van der Waals surface area contributed by atoms with Crippen LogP contribution in [0.2, 0.25) is 0 Å². The Labute approximate surface area is 210 Å². The van der Waals surface area contributed by atoms with Gasteiger partial charge in [0.25, 0.3) is 0 Å². The van der Waals surface area contributed by atoms with Crippen molar-refractivity contribution in [3.05, 3.63) is 77.2 Å². The van der Waals surface area contributed by atoms with Crippen LogP contribution in [-0.2, 0) is 6.42 Å². The number of ether oxygens (including phenoxy) is 1. The van der Waals surface area contributed by atoms with Gasteiger partial charge in [-0.25, -0.2) is 9.97 Å². The molecule has 0 radical (unpaired) electrons. The molecule has 0 unspecified atom stereocenters. The maximum atomic E-state index is 5.56. The number of methoxy groups -OCH3 is 1. The molecule has 0 amide bonds. The van der Waals surface area contributed by atoms with Crippen molar-refractivity contribution < 1.29 is 4.74 Å². The summed E-state index contributed by atoms with van der Waals surface area (Å²) in [5.74, 6) is 1.76. The third-order valence-electron chi connectivity index (χ3n) is 5.46. The molecule has 0 saturated carbocycles. The van der Waals surface area contributed by atoms with Crippen LogP contribution in [0.25, 0.3) is 10.9 Å². The number of fused-ring (bicyclic) bond motifs is 1. The van der Waals surface area contributed by atoms with Gasteiger partial charge in [-0.2, -0.15) is 0 Å². The van der Waals surface area contributed by atoms with Crippen molar-refractivity contribution >= 4 is 45.8 Å². The normalized spacial score (nSPS) is 11.4. The van der Waals surface area contributed by atoms with Gasteiger partial charge in [0.05, 0.1) is 7.11 Å². The minimum Gasteiger partial charge on any atom is -0.497 e. The van der Waals surface area contributed by atoms with Gasteiger partial charge in [-0.1, -0.05) is 18.2 Å². The number of nitrogens with zero attached hydrogens (tertiary/aromatic N) is 3. The number of guanidine groups is 1. The number of nitrogens with one attached hydrogen (secondary N) is 4.